The highest BCUT2D eigenvalue weighted by atomic mass is 32.2. The summed E-state index contributed by atoms with van der Waals surface area (Å²) in [6.45, 7) is 1.33. The number of aromatic nitrogens is 4. The minimum Gasteiger partial charge on any atom is -0.336 e. The molecule has 0 saturated carbocycles. The van der Waals surface area contributed by atoms with Crippen LogP contribution in [0.5, 0.6) is 0 Å². The van der Waals surface area contributed by atoms with Gasteiger partial charge < -0.3 is 4.90 Å². The van der Waals surface area contributed by atoms with E-state index in [4.69, 9.17) is 0 Å². The first-order chi connectivity index (χ1) is 10.2. The van der Waals surface area contributed by atoms with Gasteiger partial charge in [0.05, 0.1) is 5.03 Å². The van der Waals surface area contributed by atoms with E-state index in [0.29, 0.717) is 18.3 Å². The Balaban J connectivity index is 1.55. The minimum atomic E-state index is -0.459. The fourth-order valence-corrected chi connectivity index (χ4v) is 3.35. The number of piperidine rings is 1. The first-order valence-electron chi connectivity index (χ1n) is 6.74. The molecule has 2 N–H and O–H groups in total. The van der Waals surface area contributed by atoms with Gasteiger partial charge in [0.15, 0.2) is 0 Å². The molecule has 0 unspecified atom stereocenters. The second kappa shape index (κ2) is 6.13. The number of carbonyl (C=O) groups is 1. The van der Waals surface area contributed by atoms with Gasteiger partial charge in [0.1, 0.15) is 0 Å². The van der Waals surface area contributed by atoms with E-state index in [2.05, 4.69) is 20.2 Å². The predicted octanol–water partition coefficient (Wildman–Crippen LogP) is 0.890. The van der Waals surface area contributed by atoms with Crippen LogP contribution in [0.4, 0.5) is 0 Å². The zero-order valence-corrected chi connectivity index (χ0v) is 12.1. The summed E-state index contributed by atoms with van der Waals surface area (Å²) >= 11 is 1.75. The summed E-state index contributed by atoms with van der Waals surface area (Å²) in [5.74, 6) is -0.148. The molecular weight excluding hydrogens is 290 g/mol. The van der Waals surface area contributed by atoms with Crippen molar-refractivity contribution in [3.05, 3.63) is 40.7 Å². The first kappa shape index (κ1) is 13.9. The molecule has 0 aromatic carbocycles. The fourth-order valence-electron chi connectivity index (χ4n) is 2.29. The van der Waals surface area contributed by atoms with Crippen molar-refractivity contribution in [3.8, 4) is 0 Å². The van der Waals surface area contributed by atoms with Gasteiger partial charge in [-0.2, -0.15) is 0 Å². The lowest BCUT2D eigenvalue weighted by atomic mass is 10.1. The van der Waals surface area contributed by atoms with Crippen molar-refractivity contribution < 1.29 is 4.79 Å². The SMILES string of the molecule is O=C(c1n[nH]c(=O)[nH]1)N1CCC(Sc2ccccn2)CC1. The van der Waals surface area contributed by atoms with Gasteiger partial charge in [0.2, 0.25) is 5.82 Å². The standard InChI is InChI=1S/C13H15N5O2S/c19-12(11-15-13(20)17-16-11)18-7-4-9(5-8-18)21-10-3-1-2-6-14-10/h1-3,6,9H,4-5,7-8H2,(H2,15,16,17,20). The molecule has 1 fully saturated rings. The number of H-pyrrole nitrogens is 2. The van der Waals surface area contributed by atoms with Gasteiger partial charge in [-0.1, -0.05) is 6.07 Å². The van der Waals surface area contributed by atoms with E-state index in [9.17, 15) is 9.59 Å². The molecule has 0 radical (unpaired) electrons. The molecule has 0 spiro atoms. The number of likely N-dealkylation sites (tertiary alicyclic amines) is 1. The van der Waals surface area contributed by atoms with Crippen molar-refractivity contribution in [1.29, 1.82) is 0 Å². The van der Waals surface area contributed by atoms with Crippen molar-refractivity contribution in [3.63, 3.8) is 0 Å². The molecular formula is C13H15N5O2S. The smallest absolute Gasteiger partial charge is 0.336 e. The number of nitrogens with zero attached hydrogens (tertiary/aromatic N) is 3. The molecule has 0 bridgehead atoms. The van der Waals surface area contributed by atoms with E-state index in [-0.39, 0.29) is 11.7 Å². The number of pyridine rings is 1. The van der Waals surface area contributed by atoms with Crippen molar-refractivity contribution in [2.24, 2.45) is 0 Å². The lowest BCUT2D eigenvalue weighted by Crippen LogP contribution is -2.39. The number of rotatable bonds is 3. The highest BCUT2D eigenvalue weighted by molar-refractivity contribution is 7.99. The van der Waals surface area contributed by atoms with Crippen LogP contribution in [0.15, 0.2) is 34.2 Å². The van der Waals surface area contributed by atoms with E-state index in [0.717, 1.165) is 17.9 Å². The summed E-state index contributed by atoms with van der Waals surface area (Å²) in [7, 11) is 0. The summed E-state index contributed by atoms with van der Waals surface area (Å²) in [5.41, 5.74) is -0.459. The van der Waals surface area contributed by atoms with E-state index < -0.39 is 5.69 Å². The van der Waals surface area contributed by atoms with Crippen LogP contribution in [-0.4, -0.2) is 49.3 Å². The minimum absolute atomic E-state index is 0.0795. The number of hydrogen-bond acceptors (Lipinski definition) is 5. The zero-order valence-electron chi connectivity index (χ0n) is 11.3. The molecule has 0 atom stereocenters. The quantitative estimate of drug-likeness (QED) is 0.878. The Hall–Kier alpha value is -2.09. The topological polar surface area (TPSA) is 94.7 Å². The van der Waals surface area contributed by atoms with Gasteiger partial charge in [-0.05, 0) is 25.0 Å². The average Bonchev–Trinajstić information content (AvgIpc) is 2.95. The number of hydrogen-bond donors (Lipinski definition) is 2. The Morgan fingerprint density at radius 3 is 2.76 bits per heavy atom. The number of carbonyl (C=O) groups excluding carboxylic acids is 1. The zero-order chi connectivity index (χ0) is 14.7. The number of amides is 1. The number of nitrogens with one attached hydrogen (secondary N) is 2. The molecule has 7 nitrogen and oxygen atoms in total. The molecule has 21 heavy (non-hydrogen) atoms. The monoisotopic (exact) mass is 305 g/mol. The summed E-state index contributed by atoms with van der Waals surface area (Å²) < 4.78 is 0. The molecule has 1 aliphatic heterocycles. The molecule has 1 aliphatic rings. The summed E-state index contributed by atoms with van der Waals surface area (Å²) in [6.07, 6.45) is 3.60. The maximum atomic E-state index is 12.1. The van der Waals surface area contributed by atoms with Gasteiger partial charge in [-0.25, -0.2) is 14.9 Å². The van der Waals surface area contributed by atoms with Crippen LogP contribution in [-0.2, 0) is 0 Å². The maximum Gasteiger partial charge on any atom is 0.341 e. The molecule has 2 aromatic rings. The molecule has 0 aliphatic carbocycles. The van der Waals surface area contributed by atoms with Gasteiger partial charge >= 0.3 is 5.69 Å². The van der Waals surface area contributed by atoms with E-state index >= 15 is 0 Å². The predicted molar refractivity (Wildman–Crippen MR) is 78.2 cm³/mol. The second-order valence-corrected chi connectivity index (χ2v) is 6.12. The Morgan fingerprint density at radius 2 is 2.14 bits per heavy atom. The van der Waals surface area contributed by atoms with Crippen LogP contribution in [0.1, 0.15) is 23.5 Å². The highest BCUT2D eigenvalue weighted by Gasteiger charge is 2.26. The van der Waals surface area contributed by atoms with Crippen LogP contribution >= 0.6 is 11.8 Å². The molecule has 8 heteroatoms. The Kier molecular flexibility index (Phi) is 4.05. The van der Waals surface area contributed by atoms with Gasteiger partial charge in [-0.15, -0.1) is 16.9 Å². The van der Waals surface area contributed by atoms with E-state index in [1.807, 2.05) is 18.2 Å². The normalized spacial score (nSPS) is 16.1. The molecule has 1 saturated heterocycles. The van der Waals surface area contributed by atoms with E-state index in [1.54, 1.807) is 22.9 Å². The van der Waals surface area contributed by atoms with Crippen LogP contribution in [0.2, 0.25) is 0 Å². The van der Waals surface area contributed by atoms with Crippen LogP contribution < -0.4 is 5.69 Å². The molecule has 110 valence electrons. The van der Waals surface area contributed by atoms with Crippen molar-refractivity contribution in [1.82, 2.24) is 25.1 Å². The Morgan fingerprint density at radius 1 is 1.33 bits per heavy atom. The third kappa shape index (κ3) is 3.33. The third-order valence-corrected chi connectivity index (χ3v) is 4.65. The van der Waals surface area contributed by atoms with Gasteiger partial charge in [-0.3, -0.25) is 9.78 Å². The second-order valence-electron chi connectivity index (χ2n) is 4.80. The number of thioether (sulfide) groups is 1. The molecule has 1 amide bonds. The summed E-state index contributed by atoms with van der Waals surface area (Å²) in [4.78, 5) is 31.5. The van der Waals surface area contributed by atoms with Crippen LogP contribution in [0, 0.1) is 0 Å². The highest BCUT2D eigenvalue weighted by Crippen LogP contribution is 2.29. The van der Waals surface area contributed by atoms with Crippen LogP contribution in [0.3, 0.4) is 0 Å². The Labute approximate surface area is 125 Å². The Bertz CT molecular complexity index is 660. The fraction of sp³-hybridized carbons (Fsp3) is 0.385. The van der Waals surface area contributed by atoms with E-state index in [1.165, 1.54) is 0 Å². The average molecular weight is 305 g/mol. The molecule has 3 rings (SSSR count). The summed E-state index contributed by atoms with van der Waals surface area (Å²) in [6, 6.07) is 5.87. The number of aromatic amines is 2. The van der Waals surface area contributed by atoms with Gasteiger partial charge in [0, 0.05) is 24.5 Å². The largest absolute Gasteiger partial charge is 0.341 e. The molecule has 2 aromatic heterocycles. The van der Waals surface area contributed by atoms with Crippen LogP contribution in [0.25, 0.3) is 0 Å². The lowest BCUT2D eigenvalue weighted by molar-refractivity contribution is 0.0715. The third-order valence-electron chi connectivity index (χ3n) is 3.36. The van der Waals surface area contributed by atoms with Gasteiger partial charge in [0.25, 0.3) is 5.91 Å². The van der Waals surface area contributed by atoms with Crippen molar-refractivity contribution in [2.75, 3.05) is 13.1 Å². The maximum absolute atomic E-state index is 12.1. The van der Waals surface area contributed by atoms with Crippen molar-refractivity contribution in [2.45, 2.75) is 23.1 Å². The summed E-state index contributed by atoms with van der Waals surface area (Å²) in [5, 5.41) is 7.36. The van der Waals surface area contributed by atoms with Crippen molar-refractivity contribution >= 4 is 17.7 Å². The first-order valence-corrected chi connectivity index (χ1v) is 7.62. The molecule has 3 heterocycles. The lowest BCUT2D eigenvalue weighted by Gasteiger charge is -2.30.